The number of carbonyl (C=O) groups excluding carboxylic acids is 1. The summed E-state index contributed by atoms with van der Waals surface area (Å²) in [6, 6.07) is 5.61. The molecule has 0 aliphatic carbocycles. The molecule has 3 rings (SSSR count). The minimum atomic E-state index is -0.583. The van der Waals surface area contributed by atoms with Crippen molar-refractivity contribution in [1.82, 2.24) is 24.4 Å². The maximum Gasteiger partial charge on any atom is 0.332 e. The zero-order valence-electron chi connectivity index (χ0n) is 19.5. The third-order valence-electron chi connectivity index (χ3n) is 5.19. The molecule has 2 unspecified atom stereocenters. The number of benzene rings is 1. The number of hydrogen-bond acceptors (Lipinski definition) is 6. The third-order valence-corrected chi connectivity index (χ3v) is 6.28. The van der Waals surface area contributed by atoms with Crippen LogP contribution < -0.4 is 16.6 Å². The van der Waals surface area contributed by atoms with E-state index in [1.807, 2.05) is 20.8 Å². The Morgan fingerprint density at radius 1 is 1.12 bits per heavy atom. The highest BCUT2D eigenvalue weighted by molar-refractivity contribution is 8.00. The Bertz CT molecular complexity index is 1300. The van der Waals surface area contributed by atoms with Crippen LogP contribution in [-0.2, 0) is 18.4 Å². The van der Waals surface area contributed by atoms with Crippen molar-refractivity contribution >= 4 is 28.7 Å². The molecule has 0 aliphatic rings. The van der Waals surface area contributed by atoms with E-state index in [-0.39, 0.29) is 34.7 Å². The molecule has 0 bridgehead atoms. The first-order valence-corrected chi connectivity index (χ1v) is 11.6. The lowest BCUT2D eigenvalue weighted by atomic mass is 10.1. The van der Waals surface area contributed by atoms with Crippen molar-refractivity contribution < 1.29 is 9.18 Å². The molecule has 2 aromatic heterocycles. The van der Waals surface area contributed by atoms with Gasteiger partial charge >= 0.3 is 5.69 Å². The van der Waals surface area contributed by atoms with Crippen LogP contribution >= 0.6 is 11.8 Å². The number of carbonyl (C=O) groups is 1. The van der Waals surface area contributed by atoms with Gasteiger partial charge in [-0.15, -0.1) is 0 Å². The summed E-state index contributed by atoms with van der Waals surface area (Å²) < 4.78 is 15.7. The van der Waals surface area contributed by atoms with E-state index in [1.54, 1.807) is 26.0 Å². The Morgan fingerprint density at radius 2 is 1.76 bits per heavy atom. The van der Waals surface area contributed by atoms with Gasteiger partial charge in [0.1, 0.15) is 22.1 Å². The fraction of sp³-hybridized carbons (Fsp3) is 0.435. The first kappa shape index (κ1) is 24.6. The molecule has 0 fully saturated rings. The number of thioether (sulfide) groups is 1. The van der Waals surface area contributed by atoms with Gasteiger partial charge in [-0.05, 0) is 44.4 Å². The maximum atomic E-state index is 13.2. The van der Waals surface area contributed by atoms with Gasteiger partial charge in [-0.1, -0.05) is 37.7 Å². The second-order valence-corrected chi connectivity index (χ2v) is 9.80. The highest BCUT2D eigenvalue weighted by Crippen LogP contribution is 2.27. The monoisotopic (exact) mass is 473 g/mol. The van der Waals surface area contributed by atoms with E-state index in [2.05, 4.69) is 15.3 Å². The van der Waals surface area contributed by atoms with Crippen LogP contribution in [0.5, 0.6) is 0 Å². The second-order valence-electron chi connectivity index (χ2n) is 8.47. The summed E-state index contributed by atoms with van der Waals surface area (Å²) in [5, 5.41) is 2.90. The minimum Gasteiger partial charge on any atom is -0.349 e. The molecule has 1 amide bonds. The fourth-order valence-corrected chi connectivity index (χ4v) is 4.43. The lowest BCUT2D eigenvalue weighted by molar-refractivity contribution is -0.120. The van der Waals surface area contributed by atoms with Crippen molar-refractivity contribution in [2.75, 3.05) is 0 Å². The molecule has 0 aliphatic heterocycles. The normalized spacial score (nSPS) is 13.3. The number of amides is 1. The van der Waals surface area contributed by atoms with Gasteiger partial charge in [-0.2, -0.15) is 0 Å². The summed E-state index contributed by atoms with van der Waals surface area (Å²) >= 11 is 1.14. The molecule has 3 aromatic rings. The van der Waals surface area contributed by atoms with Crippen molar-refractivity contribution in [3.63, 3.8) is 0 Å². The number of nitrogens with one attached hydrogen (secondary N) is 1. The summed E-state index contributed by atoms with van der Waals surface area (Å²) in [5.41, 5.74) is 0.120. The summed E-state index contributed by atoms with van der Waals surface area (Å²) in [6.07, 6.45) is 0. The van der Waals surface area contributed by atoms with Gasteiger partial charge in [-0.25, -0.2) is 19.2 Å². The van der Waals surface area contributed by atoms with Crippen LogP contribution in [0, 0.1) is 18.7 Å². The van der Waals surface area contributed by atoms with Crippen LogP contribution in [0.4, 0.5) is 4.39 Å². The largest absolute Gasteiger partial charge is 0.349 e. The Morgan fingerprint density at radius 3 is 2.36 bits per heavy atom. The first-order chi connectivity index (χ1) is 15.5. The number of aromatic nitrogens is 4. The molecule has 0 saturated carbocycles. The van der Waals surface area contributed by atoms with Crippen molar-refractivity contribution in [1.29, 1.82) is 0 Å². The third kappa shape index (κ3) is 5.32. The Hall–Kier alpha value is -3.01. The van der Waals surface area contributed by atoms with Crippen LogP contribution in [-0.4, -0.2) is 30.3 Å². The standard InChI is InChI=1S/C23H28FN5O3S/c1-12(2)11-29-19-18(22(31)28(6)23(29)32)21(27-15(5)26-19)33-14(4)20(30)25-13(3)16-7-9-17(24)10-8-16/h7-10,12-14H,11H2,1-6H3,(H,25,30). The average Bonchev–Trinajstić information content (AvgIpc) is 2.75. The van der Waals surface area contributed by atoms with Crippen molar-refractivity contribution in [3.8, 4) is 0 Å². The van der Waals surface area contributed by atoms with Gasteiger partial charge in [0.25, 0.3) is 5.56 Å². The SMILES string of the molecule is Cc1nc(SC(C)C(=O)NC(C)c2ccc(F)cc2)c2c(=O)n(C)c(=O)n(CC(C)C)c2n1. The van der Waals surface area contributed by atoms with E-state index in [0.29, 0.717) is 17.4 Å². The van der Waals surface area contributed by atoms with Crippen molar-refractivity contribution in [3.05, 3.63) is 62.3 Å². The van der Waals surface area contributed by atoms with E-state index < -0.39 is 16.5 Å². The summed E-state index contributed by atoms with van der Waals surface area (Å²) in [6.45, 7) is 9.56. The zero-order chi connectivity index (χ0) is 24.4. The molecular weight excluding hydrogens is 445 g/mol. The molecule has 1 N–H and O–H groups in total. The molecule has 0 spiro atoms. The van der Waals surface area contributed by atoms with Crippen LogP contribution in [0.2, 0.25) is 0 Å². The zero-order valence-corrected chi connectivity index (χ0v) is 20.4. The first-order valence-electron chi connectivity index (χ1n) is 10.7. The smallest absolute Gasteiger partial charge is 0.332 e. The van der Waals surface area contributed by atoms with E-state index >= 15 is 0 Å². The molecule has 0 radical (unpaired) electrons. The predicted octanol–water partition coefficient (Wildman–Crippen LogP) is 2.95. The lowest BCUT2D eigenvalue weighted by Crippen LogP contribution is -2.40. The van der Waals surface area contributed by atoms with E-state index in [0.717, 1.165) is 21.9 Å². The molecule has 8 nitrogen and oxygen atoms in total. The molecule has 2 atom stereocenters. The predicted molar refractivity (Wildman–Crippen MR) is 127 cm³/mol. The summed E-state index contributed by atoms with van der Waals surface area (Å²) in [4.78, 5) is 47.4. The molecule has 10 heteroatoms. The highest BCUT2D eigenvalue weighted by atomic mass is 32.2. The topological polar surface area (TPSA) is 98.9 Å². The number of nitrogens with zero attached hydrogens (tertiary/aromatic N) is 4. The highest BCUT2D eigenvalue weighted by Gasteiger charge is 2.23. The summed E-state index contributed by atoms with van der Waals surface area (Å²) in [5.74, 6) is -0.0341. The van der Waals surface area contributed by atoms with Gasteiger partial charge in [0.05, 0.1) is 11.3 Å². The van der Waals surface area contributed by atoms with E-state index in [1.165, 1.54) is 23.7 Å². The van der Waals surface area contributed by atoms with Crippen molar-refractivity contribution in [2.45, 2.75) is 57.5 Å². The average molecular weight is 474 g/mol. The maximum absolute atomic E-state index is 13.2. The second kappa shape index (κ2) is 9.86. The van der Waals surface area contributed by atoms with Crippen molar-refractivity contribution in [2.24, 2.45) is 13.0 Å². The number of aryl methyl sites for hydroxylation is 1. The molecule has 2 heterocycles. The molecular formula is C23H28FN5O3S. The number of hydrogen-bond donors (Lipinski definition) is 1. The van der Waals surface area contributed by atoms with Gasteiger partial charge in [0, 0.05) is 13.6 Å². The van der Waals surface area contributed by atoms with Crippen LogP contribution in [0.15, 0.2) is 38.9 Å². The van der Waals surface area contributed by atoms with Gasteiger partial charge < -0.3 is 5.32 Å². The minimum absolute atomic E-state index is 0.160. The number of halogens is 1. The molecule has 1 aromatic carbocycles. The summed E-state index contributed by atoms with van der Waals surface area (Å²) in [7, 11) is 1.43. The number of fused-ring (bicyclic) bond motifs is 1. The molecule has 0 saturated heterocycles. The Kier molecular flexibility index (Phi) is 7.36. The quantitative estimate of drug-likeness (QED) is 0.418. The number of rotatable bonds is 7. The van der Waals surface area contributed by atoms with E-state index in [9.17, 15) is 18.8 Å². The van der Waals surface area contributed by atoms with E-state index in [4.69, 9.17) is 0 Å². The molecule has 33 heavy (non-hydrogen) atoms. The lowest BCUT2D eigenvalue weighted by Gasteiger charge is -2.19. The van der Waals surface area contributed by atoms with Crippen LogP contribution in [0.25, 0.3) is 11.0 Å². The van der Waals surface area contributed by atoms with Crippen LogP contribution in [0.1, 0.15) is 45.1 Å². The van der Waals surface area contributed by atoms with Crippen LogP contribution in [0.3, 0.4) is 0 Å². The van der Waals surface area contributed by atoms with Gasteiger partial charge in [0.15, 0.2) is 5.65 Å². The Labute approximate surface area is 195 Å². The molecule has 176 valence electrons. The Balaban J connectivity index is 1.95. The van der Waals surface area contributed by atoms with Gasteiger partial charge in [-0.3, -0.25) is 18.7 Å². The van der Waals surface area contributed by atoms with Gasteiger partial charge in [0.2, 0.25) is 5.91 Å². The fourth-order valence-electron chi connectivity index (χ4n) is 3.44.